The molecule has 0 aromatic heterocycles. The van der Waals surface area contributed by atoms with E-state index in [1.807, 2.05) is 18.2 Å². The lowest BCUT2D eigenvalue weighted by Crippen LogP contribution is -2.28. The molecule has 1 unspecified atom stereocenters. The second-order valence-corrected chi connectivity index (χ2v) is 6.61. The van der Waals surface area contributed by atoms with Crippen molar-refractivity contribution in [2.24, 2.45) is 5.92 Å². The van der Waals surface area contributed by atoms with Gasteiger partial charge in [-0.05, 0) is 28.4 Å². The van der Waals surface area contributed by atoms with Crippen LogP contribution in [0.2, 0.25) is 0 Å². The molecule has 1 aromatic carbocycles. The number of rotatable bonds is 7. The quantitative estimate of drug-likeness (QED) is 0.349. The van der Waals surface area contributed by atoms with Crippen molar-refractivity contribution in [1.82, 2.24) is 0 Å². The van der Waals surface area contributed by atoms with Crippen molar-refractivity contribution < 1.29 is 0 Å². The second kappa shape index (κ2) is 9.84. The number of hydrogen-bond acceptors (Lipinski definition) is 0. The van der Waals surface area contributed by atoms with E-state index in [9.17, 15) is 0 Å². The Balaban J connectivity index is 2.95. The van der Waals surface area contributed by atoms with Crippen LogP contribution in [0.4, 0.5) is 0 Å². The standard InChI is InChI=1S/C23H29B/c1-7-20(15-16-21(8-2)19(4)5)17-18-24-23(6,9-3)22-13-11-10-12-14-22/h7-8,10-16,19,24H,1-2,9H2,3-6H3/b20-15+,21-16+. The van der Waals surface area contributed by atoms with Gasteiger partial charge in [0, 0.05) is 5.57 Å². The molecule has 0 spiro atoms. The van der Waals surface area contributed by atoms with Gasteiger partial charge in [0.25, 0.3) is 0 Å². The first kappa shape index (κ1) is 19.9. The Bertz CT molecular complexity index is 665. The fourth-order valence-corrected chi connectivity index (χ4v) is 2.46. The molecular formula is C23H29B. The largest absolute Gasteiger partial charge is 0.224 e. The van der Waals surface area contributed by atoms with Crippen molar-refractivity contribution in [3.05, 3.63) is 84.5 Å². The normalized spacial score (nSPS) is 14.4. The van der Waals surface area contributed by atoms with E-state index in [4.69, 9.17) is 0 Å². The highest BCUT2D eigenvalue weighted by atomic mass is 14.2. The van der Waals surface area contributed by atoms with Crippen LogP contribution in [0.15, 0.2) is 78.9 Å². The predicted octanol–water partition coefficient (Wildman–Crippen LogP) is 5.59. The predicted molar refractivity (Wildman–Crippen MR) is 110 cm³/mol. The second-order valence-electron chi connectivity index (χ2n) is 6.61. The van der Waals surface area contributed by atoms with E-state index in [0.29, 0.717) is 5.92 Å². The van der Waals surface area contributed by atoms with Crippen LogP contribution in [0.25, 0.3) is 0 Å². The summed E-state index contributed by atoms with van der Waals surface area (Å²) in [6.45, 7) is 16.6. The zero-order valence-electron chi connectivity index (χ0n) is 15.6. The molecule has 0 amide bonds. The number of allylic oxidation sites excluding steroid dienone is 6. The third-order valence-corrected chi connectivity index (χ3v) is 4.54. The monoisotopic (exact) mass is 316 g/mol. The van der Waals surface area contributed by atoms with E-state index < -0.39 is 0 Å². The molecule has 0 N–H and O–H groups in total. The Kier molecular flexibility index (Phi) is 8.13. The average Bonchev–Trinajstić information content (AvgIpc) is 2.60. The van der Waals surface area contributed by atoms with Crippen LogP contribution < -0.4 is 0 Å². The molecule has 1 heteroatoms. The minimum Gasteiger partial charge on any atom is -0.154 e. The van der Waals surface area contributed by atoms with Gasteiger partial charge in [-0.2, -0.15) is 5.82 Å². The maximum Gasteiger partial charge on any atom is 0.224 e. The van der Waals surface area contributed by atoms with E-state index in [0.717, 1.165) is 19.3 Å². The van der Waals surface area contributed by atoms with Crippen LogP contribution in [0.5, 0.6) is 0 Å². The van der Waals surface area contributed by atoms with Crippen molar-refractivity contribution in [3.8, 4) is 11.7 Å². The summed E-state index contributed by atoms with van der Waals surface area (Å²) in [5.41, 5.74) is 3.50. The fraction of sp³-hybridized carbons (Fsp3) is 0.304. The molecule has 0 saturated carbocycles. The molecule has 0 nitrogen and oxygen atoms in total. The van der Waals surface area contributed by atoms with Crippen LogP contribution in [0, 0.1) is 17.7 Å². The Morgan fingerprint density at radius 3 is 2.33 bits per heavy atom. The van der Waals surface area contributed by atoms with E-state index in [-0.39, 0.29) is 5.31 Å². The topological polar surface area (TPSA) is 0 Å². The van der Waals surface area contributed by atoms with Crippen LogP contribution in [0.1, 0.15) is 39.7 Å². The molecule has 0 heterocycles. The summed E-state index contributed by atoms with van der Waals surface area (Å²) < 4.78 is 0. The zero-order chi connectivity index (χ0) is 18.0. The van der Waals surface area contributed by atoms with Crippen molar-refractivity contribution in [3.63, 3.8) is 0 Å². The maximum atomic E-state index is 3.88. The van der Waals surface area contributed by atoms with Crippen molar-refractivity contribution in [2.45, 2.75) is 39.4 Å². The average molecular weight is 316 g/mol. The first-order valence-corrected chi connectivity index (χ1v) is 8.68. The minimum absolute atomic E-state index is 0.0839. The Morgan fingerprint density at radius 1 is 1.17 bits per heavy atom. The molecule has 24 heavy (non-hydrogen) atoms. The van der Waals surface area contributed by atoms with Gasteiger partial charge in [-0.3, -0.25) is 0 Å². The lowest BCUT2D eigenvalue weighted by Gasteiger charge is -2.25. The van der Waals surface area contributed by atoms with Crippen molar-refractivity contribution >= 4 is 7.28 Å². The molecule has 1 rings (SSSR count). The van der Waals surface area contributed by atoms with Gasteiger partial charge < -0.3 is 0 Å². The molecule has 0 aliphatic heterocycles. The third kappa shape index (κ3) is 5.78. The summed E-state index contributed by atoms with van der Waals surface area (Å²) in [4.78, 5) is 0. The van der Waals surface area contributed by atoms with Gasteiger partial charge in [0.1, 0.15) is 0 Å². The van der Waals surface area contributed by atoms with Crippen LogP contribution in [-0.4, -0.2) is 7.28 Å². The lowest BCUT2D eigenvalue weighted by atomic mass is 9.50. The van der Waals surface area contributed by atoms with Gasteiger partial charge in [-0.15, -0.1) is 0 Å². The van der Waals surface area contributed by atoms with Crippen LogP contribution in [-0.2, 0) is 5.31 Å². The van der Waals surface area contributed by atoms with Gasteiger partial charge in [0.2, 0.25) is 7.28 Å². The molecule has 0 fully saturated rings. The van der Waals surface area contributed by atoms with Gasteiger partial charge >= 0.3 is 0 Å². The van der Waals surface area contributed by atoms with Crippen molar-refractivity contribution in [1.29, 1.82) is 0 Å². The summed E-state index contributed by atoms with van der Waals surface area (Å²) in [5.74, 6) is 7.07. The molecule has 0 bridgehead atoms. The maximum absolute atomic E-state index is 3.88. The van der Waals surface area contributed by atoms with E-state index in [1.54, 1.807) is 0 Å². The zero-order valence-corrected chi connectivity index (χ0v) is 15.6. The molecule has 0 aliphatic rings. The van der Waals surface area contributed by atoms with Gasteiger partial charge in [-0.1, -0.05) is 102 Å². The summed E-state index contributed by atoms with van der Waals surface area (Å²) >= 11 is 0. The van der Waals surface area contributed by atoms with Crippen LogP contribution in [0.3, 0.4) is 0 Å². The fourth-order valence-electron chi connectivity index (χ4n) is 2.46. The highest BCUT2D eigenvalue weighted by molar-refractivity contribution is 6.50. The van der Waals surface area contributed by atoms with E-state index in [2.05, 4.69) is 89.0 Å². The first-order valence-electron chi connectivity index (χ1n) is 8.68. The smallest absolute Gasteiger partial charge is 0.154 e. The summed E-state index contributed by atoms with van der Waals surface area (Å²) in [5, 5.41) is 0.0839. The van der Waals surface area contributed by atoms with Gasteiger partial charge in [-0.25, -0.2) is 0 Å². The molecule has 0 radical (unpaired) electrons. The lowest BCUT2D eigenvalue weighted by molar-refractivity contribution is 0.643. The first-order chi connectivity index (χ1) is 11.5. The summed E-state index contributed by atoms with van der Waals surface area (Å²) in [7, 11) is 0.834. The van der Waals surface area contributed by atoms with E-state index in [1.165, 1.54) is 11.1 Å². The van der Waals surface area contributed by atoms with Gasteiger partial charge in [0.05, 0.1) is 0 Å². The molecule has 0 saturated heterocycles. The Labute approximate surface area is 149 Å². The highest BCUT2D eigenvalue weighted by Gasteiger charge is 2.24. The Hall–Kier alpha value is -2.20. The highest BCUT2D eigenvalue weighted by Crippen LogP contribution is 2.25. The van der Waals surface area contributed by atoms with Gasteiger partial charge in [0.15, 0.2) is 0 Å². The Morgan fingerprint density at radius 2 is 1.83 bits per heavy atom. The SMILES string of the molecule is C=C/C(=C\C=C(\C#CBC(C)(CC)c1ccccc1)C=C)C(C)C. The number of benzene rings is 1. The van der Waals surface area contributed by atoms with E-state index >= 15 is 0 Å². The molecular weight excluding hydrogens is 287 g/mol. The molecule has 1 atom stereocenters. The number of hydrogen-bond donors (Lipinski definition) is 0. The molecule has 124 valence electrons. The summed E-state index contributed by atoms with van der Waals surface area (Å²) in [6, 6.07) is 10.6. The van der Waals surface area contributed by atoms with Crippen LogP contribution >= 0.6 is 0 Å². The molecule has 0 aliphatic carbocycles. The third-order valence-electron chi connectivity index (χ3n) is 4.54. The minimum atomic E-state index is 0.0839. The summed E-state index contributed by atoms with van der Waals surface area (Å²) in [6.07, 6.45) is 8.89. The van der Waals surface area contributed by atoms with Crippen molar-refractivity contribution in [2.75, 3.05) is 0 Å². The molecule has 1 aromatic rings.